The molecule has 0 aliphatic rings. The van der Waals surface area contributed by atoms with E-state index in [-0.39, 0.29) is 0 Å². The number of nitrogens with zero attached hydrogens (tertiary/aromatic N) is 3. The third-order valence-electron chi connectivity index (χ3n) is 4.91. The number of aromatic nitrogens is 3. The summed E-state index contributed by atoms with van der Waals surface area (Å²) < 4.78 is 2.34. The Balaban J connectivity index is 1.80. The van der Waals surface area contributed by atoms with Crippen LogP contribution >= 0.6 is 35.0 Å². The van der Waals surface area contributed by atoms with Crippen LogP contribution in [0.2, 0.25) is 10.0 Å². The van der Waals surface area contributed by atoms with Crippen LogP contribution in [0.25, 0.3) is 11.0 Å². The third kappa shape index (κ3) is 4.58. The van der Waals surface area contributed by atoms with Crippen LogP contribution in [-0.2, 0) is 13.0 Å². The van der Waals surface area contributed by atoms with E-state index < -0.39 is 0 Å². The maximum atomic E-state index is 6.28. The summed E-state index contributed by atoms with van der Waals surface area (Å²) in [4.78, 5) is 10.4. The largest absolute Gasteiger partial charge is 0.382 e. The Morgan fingerprint density at radius 3 is 2.64 bits per heavy atom. The van der Waals surface area contributed by atoms with Gasteiger partial charge in [0.25, 0.3) is 0 Å². The second-order valence-electron chi connectivity index (χ2n) is 6.96. The number of rotatable bonds is 8. The number of benzene rings is 1. The Hall–Kier alpha value is -1.43. The van der Waals surface area contributed by atoms with E-state index in [9.17, 15) is 0 Å². The van der Waals surface area contributed by atoms with Gasteiger partial charge in [0.1, 0.15) is 11.3 Å². The molecule has 2 aromatic heterocycles. The highest BCUT2D eigenvalue weighted by Crippen LogP contribution is 2.31. The van der Waals surface area contributed by atoms with Gasteiger partial charge in [-0.2, -0.15) is 0 Å². The summed E-state index contributed by atoms with van der Waals surface area (Å²) >= 11 is 14.0. The van der Waals surface area contributed by atoms with E-state index in [1.165, 1.54) is 0 Å². The van der Waals surface area contributed by atoms with Gasteiger partial charge in [0.2, 0.25) is 0 Å². The lowest BCUT2D eigenvalue weighted by Crippen LogP contribution is -2.07. The quantitative estimate of drug-likeness (QED) is 0.324. The summed E-state index contributed by atoms with van der Waals surface area (Å²) in [5, 5.41) is 1.37. The zero-order valence-electron chi connectivity index (χ0n) is 16.6. The van der Waals surface area contributed by atoms with Crippen LogP contribution in [0.15, 0.2) is 23.1 Å². The fraction of sp³-hybridized carbons (Fsp3) is 0.429. The molecule has 0 saturated carbocycles. The maximum absolute atomic E-state index is 6.28. The van der Waals surface area contributed by atoms with Gasteiger partial charge in [-0.05, 0) is 56.2 Å². The molecule has 1 aromatic carbocycles. The van der Waals surface area contributed by atoms with Crippen LogP contribution in [0.4, 0.5) is 5.82 Å². The van der Waals surface area contributed by atoms with Crippen molar-refractivity contribution in [2.75, 3.05) is 11.5 Å². The molecule has 4 nitrogen and oxygen atoms in total. The second-order valence-corrected chi connectivity index (χ2v) is 8.95. The molecule has 0 spiro atoms. The lowest BCUT2D eigenvalue weighted by molar-refractivity contribution is 0.636. The summed E-state index contributed by atoms with van der Waals surface area (Å²) in [5.41, 5.74) is 10.3. The molecular formula is C21H26Cl2N4S. The van der Waals surface area contributed by atoms with E-state index in [0.717, 1.165) is 71.0 Å². The van der Waals surface area contributed by atoms with Gasteiger partial charge < -0.3 is 10.3 Å². The lowest BCUT2D eigenvalue weighted by Gasteiger charge is -2.12. The van der Waals surface area contributed by atoms with Gasteiger partial charge in [0, 0.05) is 28.6 Å². The average Bonchev–Trinajstić information content (AvgIpc) is 3.02. The lowest BCUT2D eigenvalue weighted by atomic mass is 10.2. The van der Waals surface area contributed by atoms with Crippen molar-refractivity contribution in [3.05, 3.63) is 45.3 Å². The molecule has 0 saturated heterocycles. The number of anilines is 1. The van der Waals surface area contributed by atoms with E-state index in [1.54, 1.807) is 17.8 Å². The van der Waals surface area contributed by atoms with Gasteiger partial charge in [0.15, 0.2) is 5.82 Å². The molecule has 3 aromatic rings. The third-order valence-corrected chi connectivity index (χ3v) is 6.73. The Labute approximate surface area is 180 Å². The van der Waals surface area contributed by atoms with Crippen molar-refractivity contribution >= 4 is 51.8 Å². The molecule has 2 N–H and O–H groups in total. The summed E-state index contributed by atoms with van der Waals surface area (Å²) in [7, 11) is 0. The number of nitrogen functional groups attached to an aromatic ring is 1. The second kappa shape index (κ2) is 9.38. The van der Waals surface area contributed by atoms with Crippen LogP contribution in [0.3, 0.4) is 0 Å². The molecule has 0 atom stereocenters. The van der Waals surface area contributed by atoms with Gasteiger partial charge in [0.05, 0.1) is 10.5 Å². The first-order valence-corrected chi connectivity index (χ1v) is 11.4. The molecule has 0 unspecified atom stereocenters. The Bertz CT molecular complexity index is 984. The van der Waals surface area contributed by atoms with Crippen molar-refractivity contribution in [3.63, 3.8) is 0 Å². The van der Waals surface area contributed by atoms with Gasteiger partial charge in [-0.3, -0.25) is 0 Å². The number of fused-ring (bicyclic) bond motifs is 1. The number of aryl methyl sites for hydroxylation is 4. The molecule has 0 amide bonds. The number of nitrogens with two attached hydrogens (primary N) is 1. The van der Waals surface area contributed by atoms with Crippen LogP contribution < -0.4 is 5.73 Å². The number of hydrogen-bond acceptors (Lipinski definition) is 4. The van der Waals surface area contributed by atoms with Crippen molar-refractivity contribution in [1.82, 2.24) is 14.5 Å². The van der Waals surface area contributed by atoms with Crippen molar-refractivity contribution in [3.8, 4) is 0 Å². The summed E-state index contributed by atoms with van der Waals surface area (Å²) in [6.45, 7) is 7.21. The summed E-state index contributed by atoms with van der Waals surface area (Å²) in [5.74, 6) is 2.60. The number of imidazole rings is 1. The van der Waals surface area contributed by atoms with Gasteiger partial charge in [-0.15, -0.1) is 11.8 Å². The van der Waals surface area contributed by atoms with Crippen LogP contribution in [0, 0.1) is 13.8 Å². The molecule has 7 heteroatoms. The number of unbranched alkanes of at least 4 members (excludes halogenated alkanes) is 1. The molecular weight excluding hydrogens is 411 g/mol. The predicted octanol–water partition coefficient (Wildman–Crippen LogP) is 6.46. The Morgan fingerprint density at radius 2 is 1.93 bits per heavy atom. The van der Waals surface area contributed by atoms with Crippen LogP contribution in [0.1, 0.15) is 43.3 Å². The molecule has 0 bridgehead atoms. The molecule has 0 radical (unpaired) electrons. The molecule has 28 heavy (non-hydrogen) atoms. The summed E-state index contributed by atoms with van der Waals surface area (Å²) in [6, 6.07) is 5.65. The molecule has 3 rings (SSSR count). The van der Waals surface area contributed by atoms with Crippen molar-refractivity contribution in [2.24, 2.45) is 0 Å². The summed E-state index contributed by atoms with van der Waals surface area (Å²) in [6.07, 6.45) is 4.22. The zero-order valence-corrected chi connectivity index (χ0v) is 18.9. The fourth-order valence-corrected chi connectivity index (χ4v) is 4.74. The number of hydrogen-bond donors (Lipinski definition) is 1. The van der Waals surface area contributed by atoms with Crippen LogP contribution in [-0.4, -0.2) is 20.3 Å². The monoisotopic (exact) mass is 436 g/mol. The fourth-order valence-electron chi connectivity index (χ4n) is 3.31. The first-order chi connectivity index (χ1) is 13.4. The Kier molecular flexibility index (Phi) is 7.13. The topological polar surface area (TPSA) is 56.7 Å². The van der Waals surface area contributed by atoms with E-state index >= 15 is 0 Å². The van der Waals surface area contributed by atoms with E-state index in [0.29, 0.717) is 15.9 Å². The maximum Gasteiger partial charge on any atom is 0.151 e. The minimum absolute atomic E-state index is 0.525. The smallest absolute Gasteiger partial charge is 0.151 e. The number of thioether (sulfide) groups is 1. The molecule has 0 aliphatic heterocycles. The van der Waals surface area contributed by atoms with Crippen LogP contribution in [0.5, 0.6) is 0 Å². The molecule has 2 heterocycles. The van der Waals surface area contributed by atoms with E-state index in [1.807, 2.05) is 19.1 Å². The number of pyridine rings is 1. The average molecular weight is 437 g/mol. The zero-order chi connectivity index (χ0) is 20.3. The van der Waals surface area contributed by atoms with E-state index in [4.69, 9.17) is 33.9 Å². The van der Waals surface area contributed by atoms with Gasteiger partial charge in [-0.25, -0.2) is 9.97 Å². The Morgan fingerprint density at radius 1 is 1.14 bits per heavy atom. The highest BCUT2D eigenvalue weighted by atomic mass is 35.5. The van der Waals surface area contributed by atoms with Crippen molar-refractivity contribution in [1.29, 1.82) is 0 Å². The first-order valence-electron chi connectivity index (χ1n) is 9.62. The van der Waals surface area contributed by atoms with Gasteiger partial charge >= 0.3 is 0 Å². The minimum Gasteiger partial charge on any atom is -0.382 e. The van der Waals surface area contributed by atoms with E-state index in [2.05, 4.69) is 23.4 Å². The highest BCUT2D eigenvalue weighted by Gasteiger charge is 2.17. The standard InChI is InChI=1S/C21H26Cl2N4S/c1-4-5-7-18-26-19-20(13(2)14(3)25-21(19)24)27(18)10-6-11-28-17-9-8-15(22)12-16(17)23/h8-9,12H,4-7,10-11H2,1-3H3,(H2,24,25). The highest BCUT2D eigenvalue weighted by molar-refractivity contribution is 7.99. The SMILES string of the molecule is CCCCc1nc2c(N)nc(C)c(C)c2n1CCCSc1ccc(Cl)cc1Cl. The first kappa shape index (κ1) is 21.3. The molecule has 150 valence electrons. The van der Waals surface area contributed by atoms with Gasteiger partial charge in [-0.1, -0.05) is 36.5 Å². The molecule has 0 aliphatic carbocycles. The normalized spacial score (nSPS) is 11.5. The minimum atomic E-state index is 0.525. The van der Waals surface area contributed by atoms with Crippen molar-refractivity contribution in [2.45, 2.75) is 57.9 Å². The van der Waals surface area contributed by atoms with Crippen molar-refractivity contribution < 1.29 is 0 Å². The molecule has 0 fully saturated rings. The predicted molar refractivity (Wildman–Crippen MR) is 122 cm³/mol. The number of halogens is 2.